The van der Waals surface area contributed by atoms with E-state index < -0.39 is 11.6 Å². The zero-order chi connectivity index (χ0) is 13.8. The summed E-state index contributed by atoms with van der Waals surface area (Å²) in [6, 6.07) is 11.7. The Balaban J connectivity index is 2.03. The molecule has 0 saturated carbocycles. The van der Waals surface area contributed by atoms with E-state index in [2.05, 4.69) is 11.4 Å². The minimum Gasteiger partial charge on any atom is -0.306 e. The van der Waals surface area contributed by atoms with Crippen molar-refractivity contribution in [3.63, 3.8) is 0 Å². The Labute approximate surface area is 112 Å². The number of nitrogens with one attached hydrogen (secondary N) is 1. The van der Waals surface area contributed by atoms with Crippen molar-refractivity contribution in [1.82, 2.24) is 5.32 Å². The molecule has 3 heteroatoms. The molecule has 1 N–H and O–H groups in total. The summed E-state index contributed by atoms with van der Waals surface area (Å²) in [5.74, 6) is -1.06. The van der Waals surface area contributed by atoms with Gasteiger partial charge in [-0.25, -0.2) is 8.78 Å². The lowest BCUT2D eigenvalue weighted by atomic mass is 10.1. The smallest absolute Gasteiger partial charge is 0.130 e. The van der Waals surface area contributed by atoms with Gasteiger partial charge in [-0.1, -0.05) is 35.9 Å². The molecular formula is C16H17F2N. The Kier molecular flexibility index (Phi) is 4.27. The molecule has 0 spiro atoms. The molecule has 2 rings (SSSR count). The van der Waals surface area contributed by atoms with Gasteiger partial charge in [0.25, 0.3) is 0 Å². The van der Waals surface area contributed by atoms with Crippen LogP contribution in [0.2, 0.25) is 0 Å². The number of aryl methyl sites for hydroxylation is 1. The van der Waals surface area contributed by atoms with Gasteiger partial charge in [-0.2, -0.15) is 0 Å². The van der Waals surface area contributed by atoms with E-state index >= 15 is 0 Å². The van der Waals surface area contributed by atoms with Crippen LogP contribution in [-0.2, 0) is 6.54 Å². The van der Waals surface area contributed by atoms with Crippen molar-refractivity contribution < 1.29 is 8.78 Å². The molecule has 0 saturated heterocycles. The van der Waals surface area contributed by atoms with Gasteiger partial charge in [-0.05, 0) is 25.5 Å². The second-order valence-corrected chi connectivity index (χ2v) is 4.76. The summed E-state index contributed by atoms with van der Waals surface area (Å²) in [6.07, 6.45) is 0. The van der Waals surface area contributed by atoms with E-state index in [1.54, 1.807) is 0 Å². The predicted octanol–water partition coefficient (Wildman–Crippen LogP) is 4.12. The largest absolute Gasteiger partial charge is 0.306 e. The second kappa shape index (κ2) is 5.93. The number of benzene rings is 2. The van der Waals surface area contributed by atoms with Crippen molar-refractivity contribution in [1.29, 1.82) is 0 Å². The van der Waals surface area contributed by atoms with Crippen molar-refractivity contribution in [2.75, 3.05) is 0 Å². The average Bonchev–Trinajstić information content (AvgIpc) is 2.36. The van der Waals surface area contributed by atoms with Gasteiger partial charge in [0.15, 0.2) is 0 Å². The van der Waals surface area contributed by atoms with Gasteiger partial charge in [0.05, 0.1) is 0 Å². The highest BCUT2D eigenvalue weighted by Crippen LogP contribution is 2.18. The zero-order valence-electron chi connectivity index (χ0n) is 11.1. The van der Waals surface area contributed by atoms with Crippen LogP contribution in [0, 0.1) is 18.6 Å². The Bertz CT molecular complexity index is 566. The first-order valence-electron chi connectivity index (χ1n) is 6.30. The van der Waals surface area contributed by atoms with Crippen LogP contribution in [0.15, 0.2) is 42.5 Å². The molecule has 0 heterocycles. The standard InChI is InChI=1S/C16H17F2N/c1-11-4-3-5-13(8-11)10-19-12(2)15-7-6-14(17)9-16(15)18/h3-9,12,19H,10H2,1-2H3. The maximum absolute atomic E-state index is 13.6. The Morgan fingerprint density at radius 1 is 1.11 bits per heavy atom. The summed E-state index contributed by atoms with van der Waals surface area (Å²) in [5, 5.41) is 3.24. The van der Waals surface area contributed by atoms with Crippen LogP contribution in [0.4, 0.5) is 8.78 Å². The number of hydrogen-bond acceptors (Lipinski definition) is 1. The Morgan fingerprint density at radius 2 is 1.89 bits per heavy atom. The van der Waals surface area contributed by atoms with E-state index in [1.165, 1.54) is 17.7 Å². The van der Waals surface area contributed by atoms with Crippen LogP contribution in [0.5, 0.6) is 0 Å². The van der Waals surface area contributed by atoms with Crippen LogP contribution in [0.25, 0.3) is 0 Å². The van der Waals surface area contributed by atoms with Crippen LogP contribution in [0.3, 0.4) is 0 Å². The third kappa shape index (κ3) is 3.61. The van der Waals surface area contributed by atoms with Gasteiger partial charge in [-0.3, -0.25) is 0 Å². The first kappa shape index (κ1) is 13.7. The van der Waals surface area contributed by atoms with E-state index in [0.29, 0.717) is 12.1 Å². The molecule has 0 aliphatic carbocycles. The molecule has 2 aromatic rings. The van der Waals surface area contributed by atoms with Gasteiger partial charge in [0.1, 0.15) is 11.6 Å². The summed E-state index contributed by atoms with van der Waals surface area (Å²) in [4.78, 5) is 0. The topological polar surface area (TPSA) is 12.0 Å². The maximum atomic E-state index is 13.6. The highest BCUT2D eigenvalue weighted by atomic mass is 19.1. The molecule has 0 bridgehead atoms. The fraction of sp³-hybridized carbons (Fsp3) is 0.250. The highest BCUT2D eigenvalue weighted by Gasteiger charge is 2.11. The average molecular weight is 261 g/mol. The predicted molar refractivity (Wildman–Crippen MR) is 72.8 cm³/mol. The van der Waals surface area contributed by atoms with Crippen LogP contribution in [-0.4, -0.2) is 0 Å². The third-order valence-electron chi connectivity index (χ3n) is 3.12. The van der Waals surface area contributed by atoms with Crippen LogP contribution < -0.4 is 5.32 Å². The van der Waals surface area contributed by atoms with Crippen molar-refractivity contribution in [2.24, 2.45) is 0 Å². The van der Waals surface area contributed by atoms with Crippen molar-refractivity contribution >= 4 is 0 Å². The fourth-order valence-corrected chi connectivity index (χ4v) is 2.06. The molecule has 0 aliphatic rings. The molecule has 1 nitrogen and oxygen atoms in total. The number of rotatable bonds is 4. The Hall–Kier alpha value is -1.74. The van der Waals surface area contributed by atoms with Gasteiger partial charge in [0.2, 0.25) is 0 Å². The van der Waals surface area contributed by atoms with E-state index in [9.17, 15) is 8.78 Å². The minimum absolute atomic E-state index is 0.166. The van der Waals surface area contributed by atoms with Gasteiger partial charge < -0.3 is 5.32 Å². The summed E-state index contributed by atoms with van der Waals surface area (Å²) in [7, 11) is 0. The molecule has 0 aliphatic heterocycles. The summed E-state index contributed by atoms with van der Waals surface area (Å²) in [5.41, 5.74) is 2.82. The summed E-state index contributed by atoms with van der Waals surface area (Å²) < 4.78 is 26.5. The molecule has 100 valence electrons. The van der Waals surface area contributed by atoms with Crippen molar-refractivity contribution in [2.45, 2.75) is 26.4 Å². The number of halogens is 2. The summed E-state index contributed by atoms with van der Waals surface area (Å²) in [6.45, 7) is 4.55. The van der Waals surface area contributed by atoms with E-state index in [-0.39, 0.29) is 6.04 Å². The fourth-order valence-electron chi connectivity index (χ4n) is 2.06. The first-order chi connectivity index (χ1) is 9.06. The SMILES string of the molecule is Cc1cccc(CNC(C)c2ccc(F)cc2F)c1. The first-order valence-corrected chi connectivity index (χ1v) is 6.30. The highest BCUT2D eigenvalue weighted by molar-refractivity contribution is 5.24. The van der Waals surface area contributed by atoms with Gasteiger partial charge in [0, 0.05) is 24.2 Å². The maximum Gasteiger partial charge on any atom is 0.130 e. The molecule has 0 fully saturated rings. The zero-order valence-corrected chi connectivity index (χ0v) is 11.1. The summed E-state index contributed by atoms with van der Waals surface area (Å²) >= 11 is 0. The van der Waals surface area contributed by atoms with Gasteiger partial charge >= 0.3 is 0 Å². The van der Waals surface area contributed by atoms with E-state index in [4.69, 9.17) is 0 Å². The quantitative estimate of drug-likeness (QED) is 0.872. The molecule has 0 aromatic heterocycles. The van der Waals surface area contributed by atoms with Gasteiger partial charge in [-0.15, -0.1) is 0 Å². The molecule has 1 atom stereocenters. The van der Waals surface area contributed by atoms with Crippen LogP contribution in [0.1, 0.15) is 29.7 Å². The van der Waals surface area contributed by atoms with E-state index in [0.717, 1.165) is 11.6 Å². The van der Waals surface area contributed by atoms with E-state index in [1.807, 2.05) is 32.0 Å². The number of hydrogen-bond donors (Lipinski definition) is 1. The van der Waals surface area contributed by atoms with Crippen molar-refractivity contribution in [3.05, 3.63) is 70.8 Å². The lowest BCUT2D eigenvalue weighted by Gasteiger charge is -2.15. The van der Waals surface area contributed by atoms with Crippen LogP contribution >= 0.6 is 0 Å². The molecule has 0 radical (unpaired) electrons. The Morgan fingerprint density at radius 3 is 2.58 bits per heavy atom. The lowest BCUT2D eigenvalue weighted by molar-refractivity contribution is 0.517. The molecule has 0 amide bonds. The second-order valence-electron chi connectivity index (χ2n) is 4.76. The molecule has 19 heavy (non-hydrogen) atoms. The monoisotopic (exact) mass is 261 g/mol. The molecule has 2 aromatic carbocycles. The third-order valence-corrected chi connectivity index (χ3v) is 3.12. The molecule has 1 unspecified atom stereocenters. The molecular weight excluding hydrogens is 244 g/mol. The normalized spacial score (nSPS) is 12.4. The lowest BCUT2D eigenvalue weighted by Crippen LogP contribution is -2.19. The minimum atomic E-state index is -0.549. The van der Waals surface area contributed by atoms with Crippen molar-refractivity contribution in [3.8, 4) is 0 Å².